The van der Waals surface area contributed by atoms with Gasteiger partial charge in [-0.3, -0.25) is 0 Å². The molecule has 4 N–H and O–H groups in total. The molecule has 5 nitrogen and oxygen atoms in total. The first-order valence-electron chi connectivity index (χ1n) is 7.68. The van der Waals surface area contributed by atoms with E-state index in [0.29, 0.717) is 17.7 Å². The summed E-state index contributed by atoms with van der Waals surface area (Å²) < 4.78 is 5.19. The van der Waals surface area contributed by atoms with Crippen LogP contribution in [0.5, 0.6) is 0 Å². The van der Waals surface area contributed by atoms with Gasteiger partial charge in [0.15, 0.2) is 6.61 Å². The van der Waals surface area contributed by atoms with Gasteiger partial charge < -0.3 is 20.9 Å². The van der Waals surface area contributed by atoms with Crippen LogP contribution in [0.25, 0.3) is 5.70 Å². The molecule has 0 bridgehead atoms. The number of rotatable bonds is 2. The highest BCUT2D eigenvalue weighted by atomic mass is 32.1. The summed E-state index contributed by atoms with van der Waals surface area (Å²) in [6.45, 7) is 3.66. The van der Waals surface area contributed by atoms with Crippen molar-refractivity contribution in [2.45, 2.75) is 45.3 Å². The van der Waals surface area contributed by atoms with Crippen LogP contribution in [0.1, 0.15) is 36.3 Å². The quantitative estimate of drug-likeness (QED) is 0.566. The van der Waals surface area contributed by atoms with E-state index in [2.05, 4.69) is 17.2 Å². The lowest BCUT2D eigenvalue weighted by Gasteiger charge is -2.26. The third-order valence-corrected chi connectivity index (χ3v) is 5.44. The maximum atomic E-state index is 12.3. The number of ether oxygens (including phenoxy) is 1. The smallest absolute Gasteiger partial charge is 0.339 e. The Morgan fingerprint density at radius 3 is 3.09 bits per heavy atom. The third kappa shape index (κ3) is 2.82. The van der Waals surface area contributed by atoms with Crippen LogP contribution in [-0.4, -0.2) is 29.8 Å². The average molecular weight is 332 g/mol. The fraction of sp³-hybridized carbons (Fsp3) is 0.471. The van der Waals surface area contributed by atoms with E-state index < -0.39 is 5.97 Å². The van der Waals surface area contributed by atoms with Crippen LogP contribution >= 0.6 is 11.3 Å². The van der Waals surface area contributed by atoms with Crippen molar-refractivity contribution >= 4 is 28.0 Å². The standard InChI is InChI=1S/C17H20N2O3S/c1-3-4-7-22-17(21)13-9(2)19-16-14(15(13)18)11-6-5-10(20)8-12(11)23-16/h9-10,19-20H,5-8,18H2,1-2H3/t9-,10+/m1/s1. The van der Waals surface area contributed by atoms with Gasteiger partial charge in [0, 0.05) is 16.9 Å². The number of fused-ring (bicyclic) bond motifs is 3. The molecular formula is C17H20N2O3S. The average Bonchev–Trinajstić information content (AvgIpc) is 2.84. The van der Waals surface area contributed by atoms with Gasteiger partial charge in [-0.15, -0.1) is 17.3 Å². The van der Waals surface area contributed by atoms with Gasteiger partial charge in [0.25, 0.3) is 0 Å². The second kappa shape index (κ2) is 6.26. The Hall–Kier alpha value is -1.97. The van der Waals surface area contributed by atoms with Crippen LogP contribution in [-0.2, 0) is 22.4 Å². The maximum absolute atomic E-state index is 12.3. The number of aliphatic hydroxyl groups is 1. The van der Waals surface area contributed by atoms with Crippen molar-refractivity contribution in [3.8, 4) is 11.8 Å². The van der Waals surface area contributed by atoms with E-state index in [9.17, 15) is 9.90 Å². The molecule has 0 aromatic carbocycles. The topological polar surface area (TPSA) is 84.6 Å². The van der Waals surface area contributed by atoms with Gasteiger partial charge in [-0.05, 0) is 32.3 Å². The highest BCUT2D eigenvalue weighted by Crippen LogP contribution is 2.44. The highest BCUT2D eigenvalue weighted by molar-refractivity contribution is 7.16. The van der Waals surface area contributed by atoms with Crippen LogP contribution in [0.2, 0.25) is 0 Å². The minimum absolute atomic E-state index is 0.0691. The van der Waals surface area contributed by atoms with Gasteiger partial charge in [0.2, 0.25) is 0 Å². The van der Waals surface area contributed by atoms with Gasteiger partial charge >= 0.3 is 5.97 Å². The molecule has 0 unspecified atom stereocenters. The normalized spacial score (nSPS) is 22.4. The Morgan fingerprint density at radius 1 is 1.57 bits per heavy atom. The molecule has 0 saturated heterocycles. The van der Waals surface area contributed by atoms with Gasteiger partial charge in [0.05, 0.1) is 28.4 Å². The Balaban J connectivity index is 1.98. The summed E-state index contributed by atoms with van der Waals surface area (Å²) in [5, 5.41) is 14.2. The highest BCUT2D eigenvalue weighted by Gasteiger charge is 2.34. The first-order chi connectivity index (χ1) is 11.0. The molecule has 0 radical (unpaired) electrons. The lowest BCUT2D eigenvalue weighted by atomic mass is 9.89. The summed E-state index contributed by atoms with van der Waals surface area (Å²) in [4.78, 5) is 13.5. The van der Waals surface area contributed by atoms with Crippen LogP contribution in [0.4, 0.5) is 5.00 Å². The molecule has 23 heavy (non-hydrogen) atoms. The van der Waals surface area contributed by atoms with Gasteiger partial charge in [0.1, 0.15) is 0 Å². The number of thiophene rings is 1. The number of nitrogens with two attached hydrogens (primary N) is 1. The van der Waals surface area contributed by atoms with E-state index in [-0.39, 0.29) is 18.8 Å². The van der Waals surface area contributed by atoms with Crippen LogP contribution in [0.3, 0.4) is 0 Å². The van der Waals surface area contributed by atoms with Crippen molar-refractivity contribution in [1.82, 2.24) is 0 Å². The molecule has 1 aliphatic carbocycles. The van der Waals surface area contributed by atoms with Crippen LogP contribution in [0, 0.1) is 11.8 Å². The van der Waals surface area contributed by atoms with Gasteiger partial charge in [-0.2, -0.15) is 0 Å². The SMILES string of the molecule is CC#CCOC(=O)C1=C(N)c2c(sc3c2CC[C@H](O)C3)N[C@@H]1C. The van der Waals surface area contributed by atoms with E-state index in [0.717, 1.165) is 33.8 Å². The summed E-state index contributed by atoms with van der Waals surface area (Å²) in [5.41, 5.74) is 9.37. The number of nitrogens with one attached hydrogen (secondary N) is 1. The summed E-state index contributed by atoms with van der Waals surface area (Å²) in [6.07, 6.45) is 1.87. The number of aliphatic hydroxyl groups excluding tert-OH is 1. The Labute approximate surface area is 139 Å². The summed E-state index contributed by atoms with van der Waals surface area (Å²) in [7, 11) is 0. The predicted molar refractivity (Wildman–Crippen MR) is 91.0 cm³/mol. The van der Waals surface area contributed by atoms with Crippen LogP contribution in [0.15, 0.2) is 5.57 Å². The zero-order chi connectivity index (χ0) is 16.6. The predicted octanol–water partition coefficient (Wildman–Crippen LogP) is 1.65. The lowest BCUT2D eigenvalue weighted by Crippen LogP contribution is -2.31. The first-order valence-corrected chi connectivity index (χ1v) is 8.50. The fourth-order valence-corrected chi connectivity index (χ4v) is 4.55. The molecule has 2 aliphatic rings. The van der Waals surface area contributed by atoms with E-state index in [4.69, 9.17) is 10.5 Å². The largest absolute Gasteiger partial charge is 0.449 e. The van der Waals surface area contributed by atoms with E-state index in [1.807, 2.05) is 6.92 Å². The number of esters is 1. The molecule has 0 spiro atoms. The molecule has 2 atom stereocenters. The molecule has 0 amide bonds. The third-order valence-electron chi connectivity index (χ3n) is 4.25. The molecule has 6 heteroatoms. The molecule has 0 saturated carbocycles. The van der Waals surface area contributed by atoms with E-state index in [1.54, 1.807) is 18.3 Å². The number of hydrogen-bond acceptors (Lipinski definition) is 6. The Morgan fingerprint density at radius 2 is 2.35 bits per heavy atom. The molecular weight excluding hydrogens is 312 g/mol. The second-order valence-corrected chi connectivity index (χ2v) is 6.91. The van der Waals surface area contributed by atoms with E-state index >= 15 is 0 Å². The fourth-order valence-electron chi connectivity index (χ4n) is 3.13. The van der Waals surface area contributed by atoms with Crippen molar-refractivity contribution in [2.75, 3.05) is 11.9 Å². The second-order valence-electron chi connectivity index (χ2n) is 5.80. The van der Waals surface area contributed by atoms with Gasteiger partial charge in [-0.1, -0.05) is 5.92 Å². The molecule has 1 aromatic heterocycles. The van der Waals surface area contributed by atoms with Crippen molar-refractivity contribution < 1.29 is 14.6 Å². The molecule has 1 aromatic rings. The molecule has 122 valence electrons. The zero-order valence-corrected chi connectivity index (χ0v) is 14.0. The monoisotopic (exact) mass is 332 g/mol. The molecule has 0 fully saturated rings. The lowest BCUT2D eigenvalue weighted by molar-refractivity contribution is -0.137. The molecule has 1 aliphatic heterocycles. The molecule has 2 heterocycles. The van der Waals surface area contributed by atoms with Crippen molar-refractivity contribution in [2.24, 2.45) is 5.73 Å². The summed E-state index contributed by atoms with van der Waals surface area (Å²) >= 11 is 1.62. The Kier molecular flexibility index (Phi) is 4.33. The van der Waals surface area contributed by atoms with Gasteiger partial charge in [-0.25, -0.2) is 4.79 Å². The zero-order valence-electron chi connectivity index (χ0n) is 13.2. The van der Waals surface area contributed by atoms with Crippen molar-refractivity contribution in [1.29, 1.82) is 0 Å². The minimum atomic E-state index is -0.424. The first kappa shape index (κ1) is 15.9. The Bertz CT molecular complexity index is 739. The van der Waals surface area contributed by atoms with Crippen molar-refractivity contribution in [3.05, 3.63) is 21.6 Å². The summed E-state index contributed by atoms with van der Waals surface area (Å²) in [5.74, 6) is 4.98. The maximum Gasteiger partial charge on any atom is 0.339 e. The number of carbonyl (C=O) groups excluding carboxylic acids is 1. The van der Waals surface area contributed by atoms with Crippen LogP contribution < -0.4 is 11.1 Å². The number of anilines is 1. The number of hydrogen-bond donors (Lipinski definition) is 3. The minimum Gasteiger partial charge on any atom is -0.449 e. The summed E-state index contributed by atoms with van der Waals surface area (Å²) in [6, 6.07) is -0.213. The van der Waals surface area contributed by atoms with Crippen molar-refractivity contribution in [3.63, 3.8) is 0 Å². The van der Waals surface area contributed by atoms with E-state index in [1.165, 1.54) is 0 Å². The molecule has 3 rings (SSSR count). The number of carbonyl (C=O) groups is 1.